The quantitative estimate of drug-likeness (QED) is 0.582. The molecule has 0 aliphatic heterocycles. The molecule has 6 N–H and O–H groups in total. The van der Waals surface area contributed by atoms with Gasteiger partial charge in [0.25, 0.3) is 0 Å². The van der Waals surface area contributed by atoms with Gasteiger partial charge in [0.05, 0.1) is 0 Å². The molecular weight excluding hydrogens is 236 g/mol. The first kappa shape index (κ1) is 16.9. The monoisotopic (exact) mass is 260 g/mol. The lowest BCUT2D eigenvalue weighted by Crippen LogP contribution is -2.44. The second-order valence-electron chi connectivity index (χ2n) is 4.76. The molecule has 0 aromatic heterocycles. The van der Waals surface area contributed by atoms with Crippen LogP contribution in [0.25, 0.3) is 0 Å². The molecule has 0 spiro atoms. The van der Waals surface area contributed by atoms with Gasteiger partial charge in [0.15, 0.2) is 0 Å². The second kappa shape index (κ2) is 8.05. The van der Waals surface area contributed by atoms with Crippen molar-refractivity contribution in [3.8, 4) is 0 Å². The maximum atomic E-state index is 10.4. The summed E-state index contributed by atoms with van der Waals surface area (Å²) in [4.78, 5) is 20.5. The Morgan fingerprint density at radius 1 is 1.28 bits per heavy atom. The van der Waals surface area contributed by atoms with E-state index in [9.17, 15) is 9.59 Å². The van der Waals surface area contributed by atoms with E-state index >= 15 is 0 Å². The van der Waals surface area contributed by atoms with Crippen LogP contribution in [0.2, 0.25) is 0 Å². The lowest BCUT2D eigenvalue weighted by molar-refractivity contribution is -0.143. The minimum absolute atomic E-state index is 0.589. The molecule has 1 fully saturated rings. The van der Waals surface area contributed by atoms with Gasteiger partial charge in [-0.1, -0.05) is 32.6 Å². The van der Waals surface area contributed by atoms with E-state index in [0.29, 0.717) is 19.3 Å². The van der Waals surface area contributed by atoms with Gasteiger partial charge in [0.2, 0.25) is 0 Å². The molecule has 0 heterocycles. The highest BCUT2D eigenvalue weighted by Crippen LogP contribution is 2.26. The minimum Gasteiger partial charge on any atom is -0.480 e. The van der Waals surface area contributed by atoms with Crippen LogP contribution in [0.1, 0.15) is 51.9 Å². The second-order valence-corrected chi connectivity index (χ2v) is 4.76. The zero-order valence-corrected chi connectivity index (χ0v) is 10.9. The van der Waals surface area contributed by atoms with Gasteiger partial charge in [-0.25, -0.2) is 0 Å². The van der Waals surface area contributed by atoms with E-state index in [1.165, 1.54) is 0 Å². The molecule has 1 saturated carbocycles. The average Bonchev–Trinajstić information content (AvgIpc) is 2.75. The van der Waals surface area contributed by atoms with Crippen LogP contribution in [-0.2, 0) is 9.59 Å². The number of aliphatic carboxylic acids is 2. The van der Waals surface area contributed by atoms with E-state index in [1.54, 1.807) is 0 Å². The Bertz CT molecular complexity index is 275. The fourth-order valence-electron chi connectivity index (χ4n) is 1.77. The largest absolute Gasteiger partial charge is 0.480 e. The highest BCUT2D eigenvalue weighted by molar-refractivity contribution is 5.78. The molecule has 0 bridgehead atoms. The number of carboxylic acids is 2. The standard InChI is InChI=1S/C6H11NO2.C6H13NO2/c7-6(5(8)9)3-1-2-4-6;1-2-3-4-5(7)6(8)9/h1-4,7H2,(H,8,9);5H,2-4,7H2,1H3,(H,8,9)/t;5-/m.0/s1. The first-order valence-electron chi connectivity index (χ1n) is 6.34. The minimum atomic E-state index is -0.900. The van der Waals surface area contributed by atoms with Crippen molar-refractivity contribution in [2.75, 3.05) is 0 Å². The normalized spacial score (nSPS) is 18.6. The SMILES string of the molecule is CCCC[C@H](N)C(=O)O.NC1(C(=O)O)CCCC1. The van der Waals surface area contributed by atoms with Gasteiger partial charge in [0, 0.05) is 0 Å². The molecule has 18 heavy (non-hydrogen) atoms. The Kier molecular flexibility index (Phi) is 7.54. The van der Waals surface area contributed by atoms with Crippen molar-refractivity contribution in [1.29, 1.82) is 0 Å². The number of hydrogen-bond donors (Lipinski definition) is 4. The van der Waals surface area contributed by atoms with Crippen molar-refractivity contribution in [2.45, 2.75) is 63.5 Å². The van der Waals surface area contributed by atoms with Crippen molar-refractivity contribution in [1.82, 2.24) is 0 Å². The molecule has 1 aliphatic carbocycles. The van der Waals surface area contributed by atoms with Gasteiger partial charge < -0.3 is 21.7 Å². The first-order valence-corrected chi connectivity index (χ1v) is 6.34. The average molecular weight is 260 g/mol. The summed E-state index contributed by atoms with van der Waals surface area (Å²) >= 11 is 0. The fraction of sp³-hybridized carbons (Fsp3) is 0.833. The van der Waals surface area contributed by atoms with E-state index in [2.05, 4.69) is 0 Å². The summed E-state index contributed by atoms with van der Waals surface area (Å²) < 4.78 is 0. The van der Waals surface area contributed by atoms with Crippen LogP contribution in [0.4, 0.5) is 0 Å². The zero-order chi connectivity index (χ0) is 14.2. The maximum Gasteiger partial charge on any atom is 0.323 e. The molecule has 6 nitrogen and oxygen atoms in total. The Morgan fingerprint density at radius 2 is 1.78 bits per heavy atom. The van der Waals surface area contributed by atoms with Gasteiger partial charge in [-0.15, -0.1) is 0 Å². The third-order valence-electron chi connectivity index (χ3n) is 3.11. The van der Waals surface area contributed by atoms with E-state index in [-0.39, 0.29) is 0 Å². The highest BCUT2D eigenvalue weighted by atomic mass is 16.4. The summed E-state index contributed by atoms with van der Waals surface area (Å²) in [6, 6.07) is -0.662. The molecule has 0 aromatic rings. The molecule has 1 aliphatic rings. The smallest absolute Gasteiger partial charge is 0.323 e. The van der Waals surface area contributed by atoms with E-state index in [4.69, 9.17) is 21.7 Å². The number of nitrogens with two attached hydrogens (primary N) is 2. The molecule has 106 valence electrons. The van der Waals surface area contributed by atoms with Gasteiger partial charge in [-0.3, -0.25) is 9.59 Å². The van der Waals surface area contributed by atoms with Gasteiger partial charge >= 0.3 is 11.9 Å². The fourth-order valence-corrected chi connectivity index (χ4v) is 1.77. The van der Waals surface area contributed by atoms with Crippen molar-refractivity contribution in [3.63, 3.8) is 0 Å². The van der Waals surface area contributed by atoms with Crippen LogP contribution >= 0.6 is 0 Å². The van der Waals surface area contributed by atoms with E-state index < -0.39 is 23.5 Å². The summed E-state index contributed by atoms with van der Waals surface area (Å²) in [5, 5.41) is 16.8. The third-order valence-corrected chi connectivity index (χ3v) is 3.11. The summed E-state index contributed by atoms with van der Waals surface area (Å²) in [5.74, 6) is -1.75. The van der Waals surface area contributed by atoms with Crippen LogP contribution in [0.3, 0.4) is 0 Å². The molecule has 0 saturated heterocycles. The Morgan fingerprint density at radius 3 is 2.06 bits per heavy atom. The molecule has 0 aromatic carbocycles. The molecule has 1 rings (SSSR count). The molecular formula is C12H24N2O4. The number of rotatable bonds is 5. The van der Waals surface area contributed by atoms with Crippen LogP contribution in [-0.4, -0.2) is 33.7 Å². The summed E-state index contributed by atoms with van der Waals surface area (Å²) in [6.45, 7) is 2.01. The summed E-state index contributed by atoms with van der Waals surface area (Å²) in [7, 11) is 0. The summed E-state index contributed by atoms with van der Waals surface area (Å²) in [5.41, 5.74) is 9.82. The first-order chi connectivity index (χ1) is 8.33. The van der Waals surface area contributed by atoms with E-state index in [1.807, 2.05) is 6.92 Å². The predicted octanol–water partition coefficient (Wildman–Crippen LogP) is 0.931. The number of hydrogen-bond acceptors (Lipinski definition) is 4. The van der Waals surface area contributed by atoms with Gasteiger partial charge in [-0.05, 0) is 19.3 Å². The van der Waals surface area contributed by atoms with Crippen molar-refractivity contribution >= 4 is 11.9 Å². The summed E-state index contributed by atoms with van der Waals surface area (Å²) in [6.07, 6.45) is 5.69. The lowest BCUT2D eigenvalue weighted by atomic mass is 10.0. The van der Waals surface area contributed by atoms with Crippen LogP contribution in [0.15, 0.2) is 0 Å². The molecule has 0 radical (unpaired) electrons. The number of carboxylic acid groups (broad SMARTS) is 2. The van der Waals surface area contributed by atoms with Crippen molar-refractivity contribution < 1.29 is 19.8 Å². The Labute approximate surface area is 107 Å². The van der Waals surface area contributed by atoms with Gasteiger partial charge in [-0.2, -0.15) is 0 Å². The van der Waals surface area contributed by atoms with Crippen LogP contribution in [0.5, 0.6) is 0 Å². The number of unbranched alkanes of at least 4 members (excludes halogenated alkanes) is 1. The van der Waals surface area contributed by atoms with Crippen molar-refractivity contribution in [2.24, 2.45) is 11.5 Å². The lowest BCUT2D eigenvalue weighted by Gasteiger charge is -2.15. The van der Waals surface area contributed by atoms with Crippen LogP contribution < -0.4 is 11.5 Å². The molecule has 6 heteroatoms. The molecule has 0 amide bonds. The zero-order valence-electron chi connectivity index (χ0n) is 10.9. The predicted molar refractivity (Wildman–Crippen MR) is 68.2 cm³/mol. The molecule has 1 atom stereocenters. The van der Waals surface area contributed by atoms with Crippen molar-refractivity contribution in [3.05, 3.63) is 0 Å². The van der Waals surface area contributed by atoms with E-state index in [0.717, 1.165) is 25.7 Å². The van der Waals surface area contributed by atoms with Gasteiger partial charge in [0.1, 0.15) is 11.6 Å². The Balaban J connectivity index is 0.000000321. The third kappa shape index (κ3) is 5.97. The number of carbonyl (C=O) groups is 2. The highest BCUT2D eigenvalue weighted by Gasteiger charge is 2.36. The molecule has 0 unspecified atom stereocenters. The van der Waals surface area contributed by atoms with Crippen LogP contribution in [0, 0.1) is 0 Å². The Hall–Kier alpha value is -1.14. The maximum absolute atomic E-state index is 10.4. The topological polar surface area (TPSA) is 127 Å².